The summed E-state index contributed by atoms with van der Waals surface area (Å²) < 4.78 is 26.3. The van der Waals surface area contributed by atoms with Gasteiger partial charge >= 0.3 is 0 Å². The molecule has 0 bridgehead atoms. The summed E-state index contributed by atoms with van der Waals surface area (Å²) >= 11 is 1.12. The van der Waals surface area contributed by atoms with Gasteiger partial charge in [-0.3, -0.25) is 24.7 Å². The zero-order valence-electron chi connectivity index (χ0n) is 27.5. The molecule has 0 unspecified atom stereocenters. The average Bonchev–Trinajstić information content (AvgIpc) is 3.62. The van der Waals surface area contributed by atoms with Gasteiger partial charge in [0.15, 0.2) is 0 Å². The third-order valence-electron chi connectivity index (χ3n) is 8.84. The van der Waals surface area contributed by atoms with Gasteiger partial charge in [0.2, 0.25) is 5.13 Å². The second-order valence-electron chi connectivity index (χ2n) is 12.0. The van der Waals surface area contributed by atoms with Crippen LogP contribution in [0.4, 0.5) is 9.52 Å². The molecule has 3 aromatic carbocycles. The first-order chi connectivity index (χ1) is 24.9. The van der Waals surface area contributed by atoms with Gasteiger partial charge in [-0.25, -0.2) is 9.49 Å². The minimum absolute atomic E-state index is 0.00107. The molecule has 0 spiro atoms. The number of hydrogen-bond donors (Lipinski definition) is 2. The number of aromatic amines is 1. The lowest BCUT2D eigenvalue weighted by Crippen LogP contribution is -2.40. The summed E-state index contributed by atoms with van der Waals surface area (Å²) in [6.07, 6.45) is 4.81. The number of aromatic nitrogens is 5. The second kappa shape index (κ2) is 14.8. The molecule has 1 saturated heterocycles. The Morgan fingerprint density at radius 3 is 2.59 bits per heavy atom. The first-order valence-corrected chi connectivity index (χ1v) is 17.1. The number of para-hydroxylation sites is 1. The van der Waals surface area contributed by atoms with Crippen LogP contribution in [0.25, 0.3) is 21.9 Å². The molecule has 2 N–H and O–H groups in total. The predicted octanol–water partition coefficient (Wildman–Crippen LogP) is 5.76. The zero-order valence-corrected chi connectivity index (χ0v) is 28.3. The Bertz CT molecular complexity index is 2290. The molecule has 6 aromatic rings. The Labute approximate surface area is 295 Å². The van der Waals surface area contributed by atoms with Crippen molar-refractivity contribution in [3.05, 3.63) is 124 Å². The largest absolute Gasteiger partial charge is 0.496 e. The van der Waals surface area contributed by atoms with Gasteiger partial charge < -0.3 is 14.4 Å². The quantitative estimate of drug-likeness (QED) is 0.181. The first kappa shape index (κ1) is 33.5. The highest BCUT2D eigenvalue weighted by atomic mass is 32.1. The molecule has 7 rings (SSSR count). The van der Waals surface area contributed by atoms with Crippen LogP contribution in [-0.2, 0) is 6.42 Å². The Kier molecular flexibility index (Phi) is 9.74. The highest BCUT2D eigenvalue weighted by molar-refractivity contribution is 7.17. The summed E-state index contributed by atoms with van der Waals surface area (Å²) in [6.45, 7) is 1.25. The Hall–Kier alpha value is -6.02. The number of hydrogen-bond acceptors (Lipinski definition) is 10. The standard InChI is InChI=1S/C37H32FN7O5S/c1-49-32-9-5-4-7-25(32)29-20-39-15-12-27(29)33(46)40-36-43-44-37(51-36)50-21-22-13-16-45(17-14-22)35(48)28-18-23(10-11-30(28)38)19-31-24-6-2-3-8-26(24)34(47)42-41-31/h2-12,15,18,20,22H,13-14,16-17,19,21H2,1H3,(H,42,47)(H,40,43,46). The number of methoxy groups -OCH3 is 1. The fourth-order valence-corrected chi connectivity index (χ4v) is 6.76. The number of H-pyrrole nitrogens is 1. The van der Waals surface area contributed by atoms with Crippen LogP contribution in [-0.4, -0.2) is 68.9 Å². The highest BCUT2D eigenvalue weighted by Crippen LogP contribution is 2.33. The lowest BCUT2D eigenvalue weighted by atomic mass is 9.96. The van der Waals surface area contributed by atoms with E-state index in [2.05, 4.69) is 30.7 Å². The summed E-state index contributed by atoms with van der Waals surface area (Å²) in [6, 6.07) is 20.7. The number of nitrogens with one attached hydrogen (secondary N) is 2. The Morgan fingerprint density at radius 2 is 1.76 bits per heavy atom. The lowest BCUT2D eigenvalue weighted by Gasteiger charge is -2.31. The molecular formula is C37H32FN7O5S. The van der Waals surface area contributed by atoms with Crippen molar-refractivity contribution in [1.82, 2.24) is 30.3 Å². The van der Waals surface area contributed by atoms with Gasteiger partial charge in [-0.05, 0) is 66.0 Å². The van der Waals surface area contributed by atoms with Crippen molar-refractivity contribution in [1.29, 1.82) is 0 Å². The van der Waals surface area contributed by atoms with Crippen molar-refractivity contribution >= 4 is 39.1 Å². The number of anilines is 1. The van der Waals surface area contributed by atoms with Crippen LogP contribution in [0.15, 0.2) is 90.0 Å². The van der Waals surface area contributed by atoms with E-state index in [9.17, 15) is 18.8 Å². The van der Waals surface area contributed by atoms with Crippen LogP contribution in [0.1, 0.15) is 44.8 Å². The number of fused-ring (bicyclic) bond motifs is 1. The van der Waals surface area contributed by atoms with Crippen molar-refractivity contribution in [2.45, 2.75) is 19.3 Å². The molecule has 258 valence electrons. The van der Waals surface area contributed by atoms with E-state index in [1.165, 1.54) is 6.07 Å². The number of ether oxygens (including phenoxy) is 2. The van der Waals surface area contributed by atoms with Crippen LogP contribution in [0.5, 0.6) is 10.9 Å². The van der Waals surface area contributed by atoms with Crippen LogP contribution in [0, 0.1) is 11.7 Å². The smallest absolute Gasteiger partial charge is 0.295 e. The third-order valence-corrected chi connectivity index (χ3v) is 9.59. The van der Waals surface area contributed by atoms with E-state index in [-0.39, 0.29) is 34.0 Å². The average molecular weight is 706 g/mol. The number of carbonyl (C=O) groups is 2. The Morgan fingerprint density at radius 1 is 0.980 bits per heavy atom. The highest BCUT2D eigenvalue weighted by Gasteiger charge is 2.27. The van der Waals surface area contributed by atoms with Gasteiger partial charge in [0.25, 0.3) is 22.6 Å². The van der Waals surface area contributed by atoms with Crippen LogP contribution in [0.3, 0.4) is 0 Å². The number of amides is 2. The molecule has 0 saturated carbocycles. The van der Waals surface area contributed by atoms with Gasteiger partial charge in [-0.1, -0.05) is 47.6 Å². The minimum atomic E-state index is -0.590. The monoisotopic (exact) mass is 705 g/mol. The Balaban J connectivity index is 0.931. The van der Waals surface area contributed by atoms with Gasteiger partial charge in [0, 0.05) is 48.4 Å². The number of pyridine rings is 1. The molecule has 3 aromatic heterocycles. The van der Waals surface area contributed by atoms with Crippen LogP contribution >= 0.6 is 11.3 Å². The molecule has 0 aliphatic carbocycles. The molecule has 0 atom stereocenters. The molecule has 4 heterocycles. The SMILES string of the molecule is COc1ccccc1-c1cnccc1C(=O)Nc1nnc(OCC2CCN(C(=O)c3cc(Cc4n[nH]c(=O)c5ccccc45)ccc3F)CC2)s1. The summed E-state index contributed by atoms with van der Waals surface area (Å²) in [5, 5.41) is 19.5. The maximum absolute atomic E-state index is 14.9. The summed E-state index contributed by atoms with van der Waals surface area (Å²) in [4.78, 5) is 44.7. The molecule has 12 nitrogen and oxygen atoms in total. The van der Waals surface area contributed by atoms with Crippen molar-refractivity contribution in [3.63, 3.8) is 0 Å². The maximum atomic E-state index is 14.9. The number of benzene rings is 3. The van der Waals surface area contributed by atoms with Crippen molar-refractivity contribution in [2.24, 2.45) is 5.92 Å². The van der Waals surface area contributed by atoms with Gasteiger partial charge in [-0.15, -0.1) is 5.10 Å². The third kappa shape index (κ3) is 7.31. The minimum Gasteiger partial charge on any atom is -0.496 e. The molecule has 1 aliphatic heterocycles. The van der Waals surface area contributed by atoms with E-state index in [1.807, 2.05) is 36.4 Å². The number of carbonyl (C=O) groups excluding carboxylic acids is 2. The lowest BCUT2D eigenvalue weighted by molar-refractivity contribution is 0.0656. The zero-order chi connectivity index (χ0) is 35.3. The molecule has 51 heavy (non-hydrogen) atoms. The van der Waals surface area contributed by atoms with E-state index in [1.54, 1.807) is 54.7 Å². The number of rotatable bonds is 10. The van der Waals surface area contributed by atoms with Crippen molar-refractivity contribution in [3.8, 4) is 22.1 Å². The van der Waals surface area contributed by atoms with Crippen LogP contribution < -0.4 is 20.3 Å². The fraction of sp³-hybridized carbons (Fsp3) is 0.216. The first-order valence-electron chi connectivity index (χ1n) is 16.3. The van der Waals surface area contributed by atoms with E-state index in [4.69, 9.17) is 9.47 Å². The van der Waals surface area contributed by atoms with E-state index in [0.29, 0.717) is 83.1 Å². The maximum Gasteiger partial charge on any atom is 0.295 e. The normalized spacial score (nSPS) is 13.3. The predicted molar refractivity (Wildman–Crippen MR) is 190 cm³/mol. The number of likely N-dealkylation sites (tertiary alicyclic amines) is 1. The molecule has 0 radical (unpaired) electrons. The molecule has 1 aliphatic rings. The number of piperidine rings is 1. The van der Waals surface area contributed by atoms with E-state index >= 15 is 0 Å². The van der Waals surface area contributed by atoms with Gasteiger partial charge in [0.1, 0.15) is 11.6 Å². The van der Waals surface area contributed by atoms with E-state index < -0.39 is 5.82 Å². The molecule has 14 heteroatoms. The summed E-state index contributed by atoms with van der Waals surface area (Å²) in [7, 11) is 1.57. The second-order valence-corrected chi connectivity index (χ2v) is 13.0. The molecule has 1 fully saturated rings. The fourth-order valence-electron chi connectivity index (χ4n) is 6.17. The van der Waals surface area contributed by atoms with Gasteiger partial charge in [0.05, 0.1) is 35.9 Å². The number of halogens is 1. The molecular weight excluding hydrogens is 674 g/mol. The van der Waals surface area contributed by atoms with Crippen molar-refractivity contribution in [2.75, 3.05) is 32.1 Å². The summed E-state index contributed by atoms with van der Waals surface area (Å²) in [5.74, 6) is -0.574. The topological polar surface area (TPSA) is 152 Å². The van der Waals surface area contributed by atoms with Crippen LogP contribution in [0.2, 0.25) is 0 Å². The van der Waals surface area contributed by atoms with Crippen molar-refractivity contribution < 1.29 is 23.5 Å². The molecule has 2 amide bonds. The summed E-state index contributed by atoms with van der Waals surface area (Å²) in [5.41, 5.74) is 2.81. The van der Waals surface area contributed by atoms with Gasteiger partial charge in [-0.2, -0.15) is 5.10 Å². The van der Waals surface area contributed by atoms with E-state index in [0.717, 1.165) is 16.9 Å². The number of nitrogens with zero attached hydrogens (tertiary/aromatic N) is 5.